The van der Waals surface area contributed by atoms with Crippen LogP contribution in [0.15, 0.2) is 24.3 Å². The van der Waals surface area contributed by atoms with Crippen LogP contribution in [0.3, 0.4) is 0 Å². The molecule has 0 spiro atoms. The van der Waals surface area contributed by atoms with Gasteiger partial charge in [0.2, 0.25) is 0 Å². The van der Waals surface area contributed by atoms with Crippen molar-refractivity contribution < 1.29 is 28.5 Å². The molecule has 0 saturated carbocycles. The van der Waals surface area contributed by atoms with Crippen LogP contribution < -0.4 is 4.74 Å². The summed E-state index contributed by atoms with van der Waals surface area (Å²) in [7, 11) is 0. The van der Waals surface area contributed by atoms with Crippen LogP contribution in [0.2, 0.25) is 0 Å². The Bertz CT molecular complexity index is 663. The van der Waals surface area contributed by atoms with Crippen molar-refractivity contribution in [2.75, 3.05) is 52.9 Å². The molecule has 0 heterocycles. The SMILES string of the molecule is CCCCCCCCCCCC(=O)OCCOCCOCCOCCOc1ccc(CCCCCCCC)cc1. The fraction of sp³-hybridized carbons (Fsp3) is 0.794. The molecular weight excluding hydrogens is 504 g/mol. The van der Waals surface area contributed by atoms with Crippen molar-refractivity contribution in [2.45, 2.75) is 123 Å². The molecule has 1 aromatic carbocycles. The Labute approximate surface area is 245 Å². The van der Waals surface area contributed by atoms with Gasteiger partial charge in [-0.1, -0.05) is 109 Å². The van der Waals surface area contributed by atoms with Crippen molar-refractivity contribution in [3.05, 3.63) is 29.8 Å². The van der Waals surface area contributed by atoms with E-state index in [0.717, 1.165) is 25.0 Å². The summed E-state index contributed by atoms with van der Waals surface area (Å²) in [6.45, 7) is 8.29. The van der Waals surface area contributed by atoms with Crippen molar-refractivity contribution in [3.63, 3.8) is 0 Å². The molecule has 232 valence electrons. The van der Waals surface area contributed by atoms with Crippen molar-refractivity contribution in [1.82, 2.24) is 0 Å². The molecular formula is C34H60O6. The number of ether oxygens (including phenoxy) is 5. The third-order valence-corrected chi connectivity index (χ3v) is 6.96. The summed E-state index contributed by atoms with van der Waals surface area (Å²) < 4.78 is 27.5. The molecule has 0 fully saturated rings. The van der Waals surface area contributed by atoms with E-state index < -0.39 is 0 Å². The van der Waals surface area contributed by atoms with Gasteiger partial charge in [-0.15, -0.1) is 0 Å². The van der Waals surface area contributed by atoms with E-state index in [1.54, 1.807) is 0 Å². The number of aryl methyl sites for hydroxylation is 1. The fourth-order valence-corrected chi connectivity index (χ4v) is 4.49. The van der Waals surface area contributed by atoms with Gasteiger partial charge in [-0.25, -0.2) is 0 Å². The zero-order valence-electron chi connectivity index (χ0n) is 25.9. The summed E-state index contributed by atoms with van der Waals surface area (Å²) in [4.78, 5) is 11.8. The second kappa shape index (κ2) is 28.9. The van der Waals surface area contributed by atoms with Crippen LogP contribution in [0.1, 0.15) is 122 Å². The number of benzene rings is 1. The average molecular weight is 565 g/mol. The van der Waals surface area contributed by atoms with E-state index in [9.17, 15) is 4.79 Å². The lowest BCUT2D eigenvalue weighted by atomic mass is 10.0. The first-order valence-corrected chi connectivity index (χ1v) is 16.4. The maximum Gasteiger partial charge on any atom is 0.305 e. The van der Waals surface area contributed by atoms with Gasteiger partial charge in [0.05, 0.1) is 39.6 Å². The minimum absolute atomic E-state index is 0.121. The molecule has 0 amide bonds. The summed E-state index contributed by atoms with van der Waals surface area (Å²) in [5.41, 5.74) is 1.38. The fourth-order valence-electron chi connectivity index (χ4n) is 4.49. The van der Waals surface area contributed by atoms with Gasteiger partial charge in [0, 0.05) is 6.42 Å². The Hall–Kier alpha value is -1.63. The van der Waals surface area contributed by atoms with E-state index in [1.807, 2.05) is 0 Å². The molecule has 0 radical (unpaired) electrons. The smallest absolute Gasteiger partial charge is 0.305 e. The molecule has 40 heavy (non-hydrogen) atoms. The van der Waals surface area contributed by atoms with Crippen LogP contribution in [-0.4, -0.2) is 58.8 Å². The van der Waals surface area contributed by atoms with Crippen molar-refractivity contribution in [2.24, 2.45) is 0 Å². The zero-order chi connectivity index (χ0) is 28.8. The van der Waals surface area contributed by atoms with Crippen LogP contribution >= 0.6 is 0 Å². The van der Waals surface area contributed by atoms with E-state index >= 15 is 0 Å². The largest absolute Gasteiger partial charge is 0.491 e. The van der Waals surface area contributed by atoms with E-state index in [-0.39, 0.29) is 5.97 Å². The highest BCUT2D eigenvalue weighted by atomic mass is 16.6. The van der Waals surface area contributed by atoms with Crippen molar-refractivity contribution in [1.29, 1.82) is 0 Å². The Balaban J connectivity index is 1.80. The third kappa shape index (κ3) is 24.2. The van der Waals surface area contributed by atoms with Gasteiger partial charge in [0.1, 0.15) is 19.0 Å². The highest BCUT2D eigenvalue weighted by molar-refractivity contribution is 5.69. The zero-order valence-corrected chi connectivity index (χ0v) is 25.9. The number of hydrogen-bond donors (Lipinski definition) is 0. The minimum atomic E-state index is -0.121. The summed E-state index contributed by atoms with van der Waals surface area (Å²) in [6, 6.07) is 8.44. The van der Waals surface area contributed by atoms with E-state index in [2.05, 4.69) is 38.1 Å². The minimum Gasteiger partial charge on any atom is -0.491 e. The quantitative estimate of drug-likeness (QED) is 0.0690. The molecule has 0 atom stereocenters. The lowest BCUT2D eigenvalue weighted by molar-refractivity contribution is -0.145. The average Bonchev–Trinajstić information content (AvgIpc) is 2.97. The Morgan fingerprint density at radius 1 is 0.525 bits per heavy atom. The van der Waals surface area contributed by atoms with Gasteiger partial charge in [-0.3, -0.25) is 4.79 Å². The second-order valence-corrected chi connectivity index (χ2v) is 10.6. The van der Waals surface area contributed by atoms with E-state index in [0.29, 0.717) is 59.3 Å². The summed E-state index contributed by atoms with van der Waals surface area (Å²) in [6.07, 6.45) is 20.8. The first-order valence-electron chi connectivity index (χ1n) is 16.4. The van der Waals surface area contributed by atoms with Gasteiger partial charge in [0.25, 0.3) is 0 Å². The predicted octanol–water partition coefficient (Wildman–Crippen LogP) is 8.48. The normalized spacial score (nSPS) is 11.2. The number of rotatable bonds is 30. The van der Waals surface area contributed by atoms with Gasteiger partial charge < -0.3 is 23.7 Å². The Morgan fingerprint density at radius 2 is 0.975 bits per heavy atom. The van der Waals surface area contributed by atoms with Crippen LogP contribution in [0, 0.1) is 0 Å². The molecule has 1 aromatic rings. The molecule has 0 saturated heterocycles. The number of carbonyl (C=O) groups is 1. The number of hydrogen-bond acceptors (Lipinski definition) is 6. The first-order chi connectivity index (χ1) is 19.8. The summed E-state index contributed by atoms with van der Waals surface area (Å²) >= 11 is 0. The van der Waals surface area contributed by atoms with Crippen LogP contribution in [0.5, 0.6) is 5.75 Å². The Kier molecular flexibility index (Phi) is 26.3. The number of carbonyl (C=O) groups excluding carboxylic acids is 1. The number of esters is 1. The molecule has 0 unspecified atom stereocenters. The van der Waals surface area contributed by atoms with Gasteiger partial charge in [-0.05, 0) is 37.0 Å². The Morgan fingerprint density at radius 3 is 1.52 bits per heavy atom. The predicted molar refractivity (Wildman–Crippen MR) is 164 cm³/mol. The lowest BCUT2D eigenvalue weighted by Gasteiger charge is -2.09. The molecule has 1 rings (SSSR count). The topological polar surface area (TPSA) is 63.2 Å². The molecule has 0 N–H and O–H groups in total. The first kappa shape index (κ1) is 36.4. The van der Waals surface area contributed by atoms with Gasteiger partial charge in [0.15, 0.2) is 0 Å². The van der Waals surface area contributed by atoms with Gasteiger partial charge >= 0.3 is 5.97 Å². The van der Waals surface area contributed by atoms with Crippen molar-refractivity contribution >= 4 is 5.97 Å². The second-order valence-electron chi connectivity index (χ2n) is 10.6. The van der Waals surface area contributed by atoms with Crippen molar-refractivity contribution in [3.8, 4) is 5.75 Å². The summed E-state index contributed by atoms with van der Waals surface area (Å²) in [5, 5.41) is 0. The maximum atomic E-state index is 11.8. The monoisotopic (exact) mass is 564 g/mol. The third-order valence-electron chi connectivity index (χ3n) is 6.96. The number of unbranched alkanes of at least 4 members (excludes halogenated alkanes) is 13. The van der Waals surface area contributed by atoms with Crippen LogP contribution in [0.25, 0.3) is 0 Å². The molecule has 6 nitrogen and oxygen atoms in total. The van der Waals surface area contributed by atoms with Crippen LogP contribution in [0.4, 0.5) is 0 Å². The molecule has 0 aromatic heterocycles. The standard InChI is InChI=1S/C34H60O6/c1-3-5-7-9-11-12-13-15-17-19-34(35)40-31-29-38-27-25-36-24-26-37-28-30-39-33-22-20-32(21-23-33)18-16-14-10-8-6-4-2/h20-23H,3-19,24-31H2,1-2H3. The van der Waals surface area contributed by atoms with Gasteiger partial charge in [-0.2, -0.15) is 0 Å². The highest BCUT2D eigenvalue weighted by Crippen LogP contribution is 2.15. The lowest BCUT2D eigenvalue weighted by Crippen LogP contribution is -2.14. The van der Waals surface area contributed by atoms with Crippen LogP contribution in [-0.2, 0) is 30.2 Å². The highest BCUT2D eigenvalue weighted by Gasteiger charge is 2.03. The summed E-state index contributed by atoms with van der Waals surface area (Å²) in [5.74, 6) is 0.766. The molecule has 0 aliphatic carbocycles. The molecule has 0 aliphatic rings. The van der Waals surface area contributed by atoms with E-state index in [4.69, 9.17) is 23.7 Å². The molecule has 0 aliphatic heterocycles. The van der Waals surface area contributed by atoms with E-state index in [1.165, 1.54) is 89.0 Å². The molecule has 6 heteroatoms. The maximum absolute atomic E-state index is 11.8. The molecule has 0 bridgehead atoms.